The Kier molecular flexibility index (Phi) is 7.00. The van der Waals surface area contributed by atoms with E-state index in [-0.39, 0.29) is 17.9 Å². The van der Waals surface area contributed by atoms with Gasteiger partial charge in [-0.05, 0) is 43.1 Å². The molecule has 160 valence electrons. The summed E-state index contributed by atoms with van der Waals surface area (Å²) in [7, 11) is 1.71. The Balaban J connectivity index is 1.58. The maximum Gasteiger partial charge on any atom is 0.232 e. The lowest BCUT2D eigenvalue weighted by Crippen LogP contribution is -2.39. The number of amides is 1. The minimum atomic E-state index is -0.334. The molecular weight excluding hydrogens is 384 g/mol. The van der Waals surface area contributed by atoms with Crippen LogP contribution in [0.3, 0.4) is 0 Å². The number of nitrogens with zero attached hydrogens (tertiary/aromatic N) is 1. The highest BCUT2D eigenvalue weighted by atomic mass is 16.5. The summed E-state index contributed by atoms with van der Waals surface area (Å²) in [6.07, 6.45) is 2.38. The van der Waals surface area contributed by atoms with Crippen molar-refractivity contribution in [3.05, 3.63) is 102 Å². The summed E-state index contributed by atoms with van der Waals surface area (Å²) in [5.41, 5.74) is 3.13. The molecule has 3 aromatic carbocycles. The molecular formula is C27H30N2O2. The van der Waals surface area contributed by atoms with Gasteiger partial charge in [0.05, 0.1) is 19.1 Å². The summed E-state index contributed by atoms with van der Waals surface area (Å²) in [6.45, 7) is 2.63. The minimum absolute atomic E-state index is 0.0245. The topological polar surface area (TPSA) is 41.6 Å². The van der Waals surface area contributed by atoms with Gasteiger partial charge in [0.2, 0.25) is 5.91 Å². The van der Waals surface area contributed by atoms with Crippen LogP contribution in [0, 0.1) is 0 Å². The van der Waals surface area contributed by atoms with Gasteiger partial charge in [0.15, 0.2) is 0 Å². The average molecular weight is 415 g/mol. The Morgan fingerprint density at radius 3 is 2.00 bits per heavy atom. The molecule has 1 amide bonds. The van der Waals surface area contributed by atoms with Crippen LogP contribution in [-0.4, -0.2) is 37.6 Å². The molecule has 0 spiro atoms. The summed E-state index contributed by atoms with van der Waals surface area (Å²) in [5.74, 6) is 0.562. The number of likely N-dealkylation sites (tertiary alicyclic amines) is 1. The first-order chi connectivity index (χ1) is 15.3. The molecule has 0 saturated carbocycles. The third-order valence-electron chi connectivity index (χ3n) is 6.08. The van der Waals surface area contributed by atoms with E-state index in [0.717, 1.165) is 35.5 Å². The van der Waals surface area contributed by atoms with Crippen LogP contribution in [0.1, 0.15) is 41.5 Å². The number of hydrogen-bond donors (Lipinski definition) is 1. The largest absolute Gasteiger partial charge is 0.496 e. The third kappa shape index (κ3) is 4.97. The van der Waals surface area contributed by atoms with Gasteiger partial charge >= 0.3 is 0 Å². The molecule has 3 aromatic rings. The summed E-state index contributed by atoms with van der Waals surface area (Å²) in [5, 5.41) is 3.27. The SMILES string of the molecule is COc1ccccc1[C@@H](CNC(=O)C(c1ccccc1)c1ccccc1)N1CCCC1. The molecule has 4 nitrogen and oxygen atoms in total. The molecule has 0 bridgehead atoms. The maximum absolute atomic E-state index is 13.5. The quantitative estimate of drug-likeness (QED) is 0.577. The van der Waals surface area contributed by atoms with Crippen molar-refractivity contribution in [1.82, 2.24) is 10.2 Å². The number of rotatable bonds is 8. The van der Waals surface area contributed by atoms with Crippen LogP contribution in [0.4, 0.5) is 0 Å². The fourth-order valence-corrected chi connectivity index (χ4v) is 4.52. The van der Waals surface area contributed by atoms with Crippen molar-refractivity contribution in [3.8, 4) is 5.75 Å². The van der Waals surface area contributed by atoms with Crippen LogP contribution in [0.15, 0.2) is 84.9 Å². The molecule has 0 unspecified atom stereocenters. The average Bonchev–Trinajstić information content (AvgIpc) is 3.36. The van der Waals surface area contributed by atoms with E-state index in [2.05, 4.69) is 16.3 Å². The van der Waals surface area contributed by atoms with Crippen molar-refractivity contribution in [2.75, 3.05) is 26.7 Å². The van der Waals surface area contributed by atoms with Crippen molar-refractivity contribution < 1.29 is 9.53 Å². The van der Waals surface area contributed by atoms with Gasteiger partial charge in [-0.2, -0.15) is 0 Å². The lowest BCUT2D eigenvalue weighted by Gasteiger charge is -2.30. The second-order valence-electron chi connectivity index (χ2n) is 8.00. The lowest BCUT2D eigenvalue weighted by molar-refractivity contribution is -0.121. The van der Waals surface area contributed by atoms with E-state index in [1.54, 1.807) is 7.11 Å². The predicted molar refractivity (Wildman–Crippen MR) is 124 cm³/mol. The van der Waals surface area contributed by atoms with E-state index < -0.39 is 0 Å². The molecule has 1 N–H and O–H groups in total. The first kappa shape index (κ1) is 21.1. The van der Waals surface area contributed by atoms with Crippen LogP contribution in [0.5, 0.6) is 5.75 Å². The molecule has 4 heteroatoms. The minimum Gasteiger partial charge on any atom is -0.496 e. The van der Waals surface area contributed by atoms with E-state index in [9.17, 15) is 4.79 Å². The molecule has 1 atom stereocenters. The van der Waals surface area contributed by atoms with Crippen molar-refractivity contribution in [2.45, 2.75) is 24.8 Å². The Labute approximate surface area is 184 Å². The van der Waals surface area contributed by atoms with Crippen molar-refractivity contribution in [1.29, 1.82) is 0 Å². The Morgan fingerprint density at radius 2 is 1.42 bits per heavy atom. The maximum atomic E-state index is 13.5. The zero-order valence-electron chi connectivity index (χ0n) is 18.0. The first-order valence-electron chi connectivity index (χ1n) is 11.0. The number of methoxy groups -OCH3 is 1. The van der Waals surface area contributed by atoms with Gasteiger partial charge in [0.25, 0.3) is 0 Å². The summed E-state index contributed by atoms with van der Waals surface area (Å²) >= 11 is 0. The lowest BCUT2D eigenvalue weighted by atomic mass is 9.90. The van der Waals surface area contributed by atoms with Gasteiger partial charge in [-0.15, -0.1) is 0 Å². The fourth-order valence-electron chi connectivity index (χ4n) is 4.52. The molecule has 1 heterocycles. The van der Waals surface area contributed by atoms with Crippen molar-refractivity contribution in [3.63, 3.8) is 0 Å². The van der Waals surface area contributed by atoms with E-state index >= 15 is 0 Å². The summed E-state index contributed by atoms with van der Waals surface area (Å²) < 4.78 is 5.64. The number of carbonyl (C=O) groups excluding carboxylic acids is 1. The number of hydrogen-bond acceptors (Lipinski definition) is 3. The zero-order chi connectivity index (χ0) is 21.5. The van der Waals surface area contributed by atoms with E-state index in [1.165, 1.54) is 12.8 Å². The number of para-hydroxylation sites is 1. The molecule has 1 saturated heterocycles. The van der Waals surface area contributed by atoms with E-state index in [1.807, 2.05) is 78.9 Å². The van der Waals surface area contributed by atoms with Gasteiger partial charge in [-0.1, -0.05) is 78.9 Å². The highest BCUT2D eigenvalue weighted by Gasteiger charge is 2.28. The van der Waals surface area contributed by atoms with Crippen molar-refractivity contribution in [2.24, 2.45) is 0 Å². The monoisotopic (exact) mass is 414 g/mol. The van der Waals surface area contributed by atoms with Gasteiger partial charge in [0.1, 0.15) is 5.75 Å². The summed E-state index contributed by atoms with van der Waals surface area (Å²) in [4.78, 5) is 15.9. The molecule has 0 aromatic heterocycles. The molecule has 0 aliphatic carbocycles. The van der Waals surface area contributed by atoms with Crippen LogP contribution >= 0.6 is 0 Å². The van der Waals surface area contributed by atoms with E-state index in [4.69, 9.17) is 4.74 Å². The smallest absolute Gasteiger partial charge is 0.232 e. The van der Waals surface area contributed by atoms with Gasteiger partial charge < -0.3 is 10.1 Å². The van der Waals surface area contributed by atoms with Gasteiger partial charge in [0, 0.05) is 12.1 Å². The first-order valence-corrected chi connectivity index (χ1v) is 11.0. The van der Waals surface area contributed by atoms with E-state index in [0.29, 0.717) is 6.54 Å². The molecule has 1 fully saturated rings. The third-order valence-corrected chi connectivity index (χ3v) is 6.08. The molecule has 0 radical (unpaired) electrons. The summed E-state index contributed by atoms with van der Waals surface area (Å²) in [6, 6.07) is 28.2. The second-order valence-corrected chi connectivity index (χ2v) is 8.00. The van der Waals surface area contributed by atoms with Crippen LogP contribution in [-0.2, 0) is 4.79 Å². The number of carbonyl (C=O) groups is 1. The Morgan fingerprint density at radius 1 is 0.871 bits per heavy atom. The second kappa shape index (κ2) is 10.3. The number of nitrogens with one attached hydrogen (secondary N) is 1. The molecule has 1 aliphatic heterocycles. The highest BCUT2D eigenvalue weighted by Crippen LogP contribution is 2.32. The van der Waals surface area contributed by atoms with Gasteiger partial charge in [-0.25, -0.2) is 0 Å². The van der Waals surface area contributed by atoms with Gasteiger partial charge in [-0.3, -0.25) is 9.69 Å². The fraction of sp³-hybridized carbons (Fsp3) is 0.296. The normalized spacial score (nSPS) is 15.0. The van der Waals surface area contributed by atoms with Crippen LogP contribution in [0.2, 0.25) is 0 Å². The molecule has 31 heavy (non-hydrogen) atoms. The van der Waals surface area contributed by atoms with Crippen molar-refractivity contribution >= 4 is 5.91 Å². The Bertz CT molecular complexity index is 929. The zero-order valence-corrected chi connectivity index (χ0v) is 18.0. The standard InChI is InChI=1S/C27H30N2O2/c1-31-25-17-9-8-16-23(25)24(29-18-10-11-19-29)20-28-27(30)26(21-12-4-2-5-13-21)22-14-6-3-7-15-22/h2-9,12-17,24,26H,10-11,18-20H2,1H3,(H,28,30)/t24-/m1/s1. The van der Waals surface area contributed by atoms with Crippen LogP contribution in [0.25, 0.3) is 0 Å². The Hall–Kier alpha value is -3.11. The number of benzene rings is 3. The predicted octanol–water partition coefficient (Wildman–Crippen LogP) is 4.78. The highest BCUT2D eigenvalue weighted by molar-refractivity contribution is 5.87. The number of ether oxygens (including phenoxy) is 1. The molecule has 4 rings (SSSR count). The van der Waals surface area contributed by atoms with Crippen LogP contribution < -0.4 is 10.1 Å². The molecule has 1 aliphatic rings.